The first-order valence-electron chi connectivity index (χ1n) is 14.1. The van der Waals surface area contributed by atoms with Crippen molar-refractivity contribution >= 4 is 40.6 Å². The molecule has 1 saturated carbocycles. The maximum atomic E-state index is 12.5. The number of para-hydroxylation sites is 1. The van der Waals surface area contributed by atoms with Gasteiger partial charge in [0.25, 0.3) is 0 Å². The number of anilines is 2. The molecule has 2 aromatic rings. The highest BCUT2D eigenvalue weighted by atomic mass is 35.5. The summed E-state index contributed by atoms with van der Waals surface area (Å²) in [7, 11) is 4.16. The lowest BCUT2D eigenvalue weighted by atomic mass is 9.97. The summed E-state index contributed by atoms with van der Waals surface area (Å²) in [6.45, 7) is 9.37. The summed E-state index contributed by atoms with van der Waals surface area (Å²) in [4.78, 5) is 30.7. The molecule has 41 heavy (non-hydrogen) atoms. The van der Waals surface area contributed by atoms with E-state index in [0.29, 0.717) is 55.3 Å². The van der Waals surface area contributed by atoms with Crippen LogP contribution in [0.1, 0.15) is 37.4 Å². The van der Waals surface area contributed by atoms with Crippen molar-refractivity contribution in [3.8, 4) is 12.1 Å². The van der Waals surface area contributed by atoms with Gasteiger partial charge >= 0.3 is 6.01 Å². The van der Waals surface area contributed by atoms with Gasteiger partial charge in [-0.3, -0.25) is 4.79 Å². The third-order valence-electron chi connectivity index (χ3n) is 8.31. The van der Waals surface area contributed by atoms with Crippen molar-refractivity contribution in [1.82, 2.24) is 19.8 Å². The molecule has 11 heteroatoms. The van der Waals surface area contributed by atoms with Gasteiger partial charge in [-0.2, -0.15) is 15.2 Å². The number of ether oxygens (including phenoxy) is 1. The van der Waals surface area contributed by atoms with Crippen LogP contribution in [-0.2, 0) is 17.8 Å². The second kappa shape index (κ2) is 12.0. The van der Waals surface area contributed by atoms with Crippen molar-refractivity contribution in [2.45, 2.75) is 51.2 Å². The first-order valence-corrected chi connectivity index (χ1v) is 14.8. The van der Waals surface area contributed by atoms with Gasteiger partial charge in [0.1, 0.15) is 5.82 Å². The fourth-order valence-corrected chi connectivity index (χ4v) is 6.71. The van der Waals surface area contributed by atoms with E-state index in [0.717, 1.165) is 42.1 Å². The van der Waals surface area contributed by atoms with E-state index in [2.05, 4.69) is 48.4 Å². The number of amides is 1. The van der Waals surface area contributed by atoms with Crippen molar-refractivity contribution in [3.63, 3.8) is 0 Å². The van der Waals surface area contributed by atoms with E-state index in [1.807, 2.05) is 18.2 Å². The van der Waals surface area contributed by atoms with Crippen molar-refractivity contribution in [1.29, 1.82) is 5.26 Å². The molecule has 3 heterocycles. The fraction of sp³-hybridized carbons (Fsp3) is 0.533. The molecule has 1 amide bonds. The summed E-state index contributed by atoms with van der Waals surface area (Å²) in [6.07, 6.45) is 4.47. The largest absolute Gasteiger partial charge is 0.463 e. The maximum Gasteiger partial charge on any atom is 0.318 e. The van der Waals surface area contributed by atoms with Gasteiger partial charge in [-0.1, -0.05) is 35.8 Å². The van der Waals surface area contributed by atoms with Crippen molar-refractivity contribution in [2.24, 2.45) is 5.41 Å². The normalized spacial score (nSPS) is 21.3. The zero-order valence-corrected chi connectivity index (χ0v) is 25.5. The van der Waals surface area contributed by atoms with E-state index < -0.39 is 0 Å². The summed E-state index contributed by atoms with van der Waals surface area (Å²) >= 11 is 13.2. The molecule has 2 atom stereocenters. The summed E-state index contributed by atoms with van der Waals surface area (Å²) in [5.74, 6) is 0.656. The minimum atomic E-state index is -0.261. The lowest BCUT2D eigenvalue weighted by molar-refractivity contribution is -0.128. The molecule has 0 spiro atoms. The molecular formula is C30H37Cl2N7O2. The Bertz CT molecular complexity index is 1340. The first-order chi connectivity index (χ1) is 19.6. The molecule has 0 N–H and O–H groups in total. The number of hydrogen-bond acceptors (Lipinski definition) is 8. The topological polar surface area (TPSA) is 88.8 Å². The predicted molar refractivity (Wildman–Crippen MR) is 162 cm³/mol. The van der Waals surface area contributed by atoms with Crippen LogP contribution in [0.2, 0.25) is 10.0 Å². The van der Waals surface area contributed by atoms with Gasteiger partial charge in [-0.05, 0) is 58.5 Å². The maximum absolute atomic E-state index is 12.5. The van der Waals surface area contributed by atoms with Crippen LogP contribution in [0.25, 0.3) is 0 Å². The molecule has 3 aliphatic rings. The van der Waals surface area contributed by atoms with E-state index in [4.69, 9.17) is 37.9 Å². The average molecular weight is 599 g/mol. The van der Waals surface area contributed by atoms with Gasteiger partial charge in [0.2, 0.25) is 5.91 Å². The zero-order valence-electron chi connectivity index (χ0n) is 23.9. The van der Waals surface area contributed by atoms with E-state index >= 15 is 0 Å². The summed E-state index contributed by atoms with van der Waals surface area (Å²) in [6, 6.07) is 7.97. The Balaban J connectivity index is 1.50. The van der Waals surface area contributed by atoms with Crippen LogP contribution in [0, 0.1) is 16.7 Å². The third-order valence-corrected chi connectivity index (χ3v) is 8.92. The standard InChI is InChI=1S/C30H37Cl2N7O2/c1-5-26(40)38-14-13-37(16-21(38)9-12-33)28-22-15-20(2)39(27-23(31)7-6-8-24(27)32)17-25(22)34-29(35-28)41-19-30(10-11-30)18-36(3)4/h5-8,20-21H,1,9-11,13-19H2,2-4H3/t20?,21-/m0/s1. The molecule has 2 fully saturated rings. The molecule has 1 aromatic heterocycles. The number of rotatable bonds is 9. The number of piperazine rings is 1. The van der Waals surface area contributed by atoms with Crippen LogP contribution in [0.5, 0.6) is 6.01 Å². The van der Waals surface area contributed by atoms with Crippen molar-refractivity contribution in [3.05, 3.63) is 52.2 Å². The molecule has 5 rings (SSSR count). The minimum absolute atomic E-state index is 0.0855. The van der Waals surface area contributed by atoms with Crippen LogP contribution in [0.3, 0.4) is 0 Å². The van der Waals surface area contributed by atoms with Crippen LogP contribution in [0.15, 0.2) is 30.9 Å². The molecule has 9 nitrogen and oxygen atoms in total. The van der Waals surface area contributed by atoms with Gasteiger partial charge in [0.05, 0.1) is 53.1 Å². The predicted octanol–water partition coefficient (Wildman–Crippen LogP) is 4.57. The second-order valence-electron chi connectivity index (χ2n) is 11.7. The number of hydrogen-bond donors (Lipinski definition) is 0. The SMILES string of the molecule is C=CC(=O)N1CCN(c2nc(OCC3(CN(C)C)CC3)nc3c2CC(C)N(c2c(Cl)cccc2Cl)C3)C[C@@H]1CC#N. The number of nitriles is 1. The number of fused-ring (bicyclic) bond motifs is 1. The molecule has 1 aromatic carbocycles. The van der Waals surface area contributed by atoms with Crippen LogP contribution in [-0.4, -0.2) is 84.6 Å². The molecular weight excluding hydrogens is 561 g/mol. The summed E-state index contributed by atoms with van der Waals surface area (Å²) < 4.78 is 6.32. The number of aromatic nitrogens is 2. The van der Waals surface area contributed by atoms with Gasteiger partial charge in [0.15, 0.2) is 0 Å². The molecule has 2 aliphatic heterocycles. The van der Waals surface area contributed by atoms with Crippen molar-refractivity contribution < 1.29 is 9.53 Å². The smallest absolute Gasteiger partial charge is 0.318 e. The summed E-state index contributed by atoms with van der Waals surface area (Å²) in [5, 5.41) is 10.7. The second-order valence-corrected chi connectivity index (χ2v) is 12.5. The highest BCUT2D eigenvalue weighted by Gasteiger charge is 2.44. The van der Waals surface area contributed by atoms with Gasteiger partial charge < -0.3 is 24.3 Å². The van der Waals surface area contributed by atoms with Crippen LogP contribution in [0.4, 0.5) is 11.5 Å². The third kappa shape index (κ3) is 6.25. The van der Waals surface area contributed by atoms with Crippen molar-refractivity contribution in [2.75, 3.05) is 56.7 Å². The molecule has 218 valence electrons. The van der Waals surface area contributed by atoms with E-state index in [1.54, 1.807) is 4.90 Å². The Labute approximate surface area is 252 Å². The molecule has 0 bridgehead atoms. The van der Waals surface area contributed by atoms with Gasteiger partial charge in [-0.15, -0.1) is 0 Å². The Kier molecular flexibility index (Phi) is 8.65. The molecule has 0 radical (unpaired) electrons. The summed E-state index contributed by atoms with van der Waals surface area (Å²) in [5.41, 5.74) is 2.85. The van der Waals surface area contributed by atoms with E-state index in [9.17, 15) is 10.1 Å². The number of benzene rings is 1. The Hall–Kier alpha value is -3.06. The molecule has 1 unspecified atom stereocenters. The quantitative estimate of drug-likeness (QED) is 0.388. The lowest BCUT2D eigenvalue weighted by Crippen LogP contribution is -2.55. The molecule has 1 aliphatic carbocycles. The highest BCUT2D eigenvalue weighted by Crippen LogP contribution is 2.46. The van der Waals surface area contributed by atoms with Gasteiger partial charge in [0, 0.05) is 43.2 Å². The van der Waals surface area contributed by atoms with Crippen LogP contribution < -0.4 is 14.5 Å². The highest BCUT2D eigenvalue weighted by molar-refractivity contribution is 6.39. The number of halogens is 2. The Morgan fingerprint density at radius 1 is 1.27 bits per heavy atom. The first kappa shape index (κ1) is 29.4. The Morgan fingerprint density at radius 2 is 2.00 bits per heavy atom. The lowest BCUT2D eigenvalue weighted by Gasteiger charge is -2.43. The number of nitrogens with zero attached hydrogens (tertiary/aromatic N) is 7. The minimum Gasteiger partial charge on any atom is -0.463 e. The molecule has 1 saturated heterocycles. The monoisotopic (exact) mass is 597 g/mol. The Morgan fingerprint density at radius 3 is 2.63 bits per heavy atom. The van der Waals surface area contributed by atoms with E-state index in [-0.39, 0.29) is 29.8 Å². The number of carbonyl (C=O) groups excluding carboxylic acids is 1. The number of carbonyl (C=O) groups is 1. The van der Waals surface area contributed by atoms with Gasteiger partial charge in [-0.25, -0.2) is 0 Å². The van der Waals surface area contributed by atoms with Crippen LogP contribution >= 0.6 is 23.2 Å². The fourth-order valence-electron chi connectivity index (χ4n) is 6.10. The average Bonchev–Trinajstić information content (AvgIpc) is 3.70. The van der Waals surface area contributed by atoms with E-state index in [1.165, 1.54) is 6.08 Å². The zero-order chi connectivity index (χ0) is 29.3.